The number of aromatic nitrogens is 2. The van der Waals surface area contributed by atoms with Gasteiger partial charge in [0.05, 0.1) is 5.69 Å². The van der Waals surface area contributed by atoms with Gasteiger partial charge in [0, 0.05) is 18.3 Å². The van der Waals surface area contributed by atoms with Crippen molar-refractivity contribution in [3.8, 4) is 5.75 Å². The number of nitrogens with zero attached hydrogens (tertiary/aromatic N) is 2. The summed E-state index contributed by atoms with van der Waals surface area (Å²) < 4.78 is 2.08. The van der Waals surface area contributed by atoms with Crippen molar-refractivity contribution in [3.05, 3.63) is 46.8 Å². The highest BCUT2D eigenvalue weighted by Gasteiger charge is 2.21. The van der Waals surface area contributed by atoms with Gasteiger partial charge >= 0.3 is 0 Å². The second kappa shape index (κ2) is 5.90. The lowest BCUT2D eigenvalue weighted by atomic mass is 10.1. The highest BCUT2D eigenvalue weighted by Crippen LogP contribution is 2.33. The van der Waals surface area contributed by atoms with Crippen molar-refractivity contribution in [2.24, 2.45) is 0 Å². The first-order valence-corrected chi connectivity index (χ1v) is 7.70. The SMILES string of the molecule is Cc1cc(C)n(CCCNC2CCc3cc(O)ccc32)n1. The Balaban J connectivity index is 1.50. The Labute approximate surface area is 125 Å². The Kier molecular flexibility index (Phi) is 3.97. The van der Waals surface area contributed by atoms with Crippen molar-refractivity contribution in [2.45, 2.75) is 45.7 Å². The van der Waals surface area contributed by atoms with Crippen LogP contribution in [0, 0.1) is 13.8 Å². The lowest BCUT2D eigenvalue weighted by Gasteiger charge is -2.14. The Morgan fingerprint density at radius 1 is 1.33 bits per heavy atom. The molecule has 1 aromatic carbocycles. The number of fused-ring (bicyclic) bond motifs is 1. The molecule has 0 spiro atoms. The van der Waals surface area contributed by atoms with Crippen molar-refractivity contribution < 1.29 is 5.11 Å². The molecule has 0 aliphatic heterocycles. The van der Waals surface area contributed by atoms with E-state index < -0.39 is 0 Å². The van der Waals surface area contributed by atoms with E-state index in [1.165, 1.54) is 16.8 Å². The van der Waals surface area contributed by atoms with Gasteiger partial charge in [-0.05, 0) is 69.0 Å². The van der Waals surface area contributed by atoms with E-state index in [-0.39, 0.29) is 0 Å². The average molecular weight is 285 g/mol. The summed E-state index contributed by atoms with van der Waals surface area (Å²) in [4.78, 5) is 0. The van der Waals surface area contributed by atoms with Crippen LogP contribution in [-0.4, -0.2) is 21.4 Å². The summed E-state index contributed by atoms with van der Waals surface area (Å²) in [5.41, 5.74) is 4.95. The van der Waals surface area contributed by atoms with Crippen molar-refractivity contribution >= 4 is 0 Å². The summed E-state index contributed by atoms with van der Waals surface area (Å²) >= 11 is 0. The lowest BCUT2D eigenvalue weighted by molar-refractivity contribution is 0.473. The van der Waals surface area contributed by atoms with Crippen LogP contribution in [0.15, 0.2) is 24.3 Å². The van der Waals surface area contributed by atoms with E-state index in [0.717, 1.165) is 38.0 Å². The van der Waals surface area contributed by atoms with Gasteiger partial charge in [-0.1, -0.05) is 6.07 Å². The summed E-state index contributed by atoms with van der Waals surface area (Å²) in [6, 6.07) is 8.28. The molecule has 4 heteroatoms. The maximum atomic E-state index is 9.52. The van der Waals surface area contributed by atoms with E-state index >= 15 is 0 Å². The zero-order chi connectivity index (χ0) is 14.8. The van der Waals surface area contributed by atoms with Crippen molar-refractivity contribution in [1.29, 1.82) is 0 Å². The van der Waals surface area contributed by atoms with E-state index in [1.807, 2.05) is 13.0 Å². The number of nitrogens with one attached hydrogen (secondary N) is 1. The highest BCUT2D eigenvalue weighted by atomic mass is 16.3. The van der Waals surface area contributed by atoms with Gasteiger partial charge in [0.25, 0.3) is 0 Å². The number of hydrogen-bond donors (Lipinski definition) is 2. The molecule has 0 fully saturated rings. The third kappa shape index (κ3) is 3.10. The fraction of sp³-hybridized carbons (Fsp3) is 0.471. The second-order valence-electron chi connectivity index (χ2n) is 5.93. The van der Waals surface area contributed by atoms with Crippen LogP contribution in [-0.2, 0) is 13.0 Å². The van der Waals surface area contributed by atoms with Crippen LogP contribution < -0.4 is 5.32 Å². The van der Waals surface area contributed by atoms with Crippen LogP contribution in [0.4, 0.5) is 0 Å². The van der Waals surface area contributed by atoms with Gasteiger partial charge in [0.15, 0.2) is 0 Å². The van der Waals surface area contributed by atoms with Crippen LogP contribution in [0.5, 0.6) is 5.75 Å². The Bertz CT molecular complexity index is 633. The molecule has 1 unspecified atom stereocenters. The van der Waals surface area contributed by atoms with Gasteiger partial charge in [0.2, 0.25) is 0 Å². The van der Waals surface area contributed by atoms with Gasteiger partial charge in [-0.3, -0.25) is 4.68 Å². The number of rotatable bonds is 5. The zero-order valence-corrected chi connectivity index (χ0v) is 12.8. The van der Waals surface area contributed by atoms with Crippen molar-refractivity contribution in [3.63, 3.8) is 0 Å². The highest BCUT2D eigenvalue weighted by molar-refractivity contribution is 5.39. The molecule has 112 valence electrons. The maximum Gasteiger partial charge on any atom is 0.115 e. The molecule has 1 aliphatic rings. The van der Waals surface area contributed by atoms with Gasteiger partial charge in [-0.15, -0.1) is 0 Å². The van der Waals surface area contributed by atoms with Gasteiger partial charge in [0.1, 0.15) is 5.75 Å². The molecule has 4 nitrogen and oxygen atoms in total. The van der Waals surface area contributed by atoms with E-state index in [0.29, 0.717) is 11.8 Å². The van der Waals surface area contributed by atoms with Crippen molar-refractivity contribution in [1.82, 2.24) is 15.1 Å². The Hall–Kier alpha value is -1.81. The zero-order valence-electron chi connectivity index (χ0n) is 12.8. The number of aryl methyl sites for hydroxylation is 4. The third-order valence-corrected chi connectivity index (χ3v) is 4.25. The molecule has 1 aromatic heterocycles. The fourth-order valence-corrected chi connectivity index (χ4v) is 3.22. The summed E-state index contributed by atoms with van der Waals surface area (Å²) in [6.45, 7) is 6.09. The molecule has 0 radical (unpaired) electrons. The molecule has 0 saturated heterocycles. The lowest BCUT2D eigenvalue weighted by Crippen LogP contribution is -2.21. The van der Waals surface area contributed by atoms with Gasteiger partial charge in [-0.2, -0.15) is 5.10 Å². The molecule has 1 atom stereocenters. The molecule has 1 aliphatic carbocycles. The van der Waals surface area contributed by atoms with Crippen LogP contribution in [0.3, 0.4) is 0 Å². The topological polar surface area (TPSA) is 50.1 Å². The molecular weight excluding hydrogens is 262 g/mol. The summed E-state index contributed by atoms with van der Waals surface area (Å²) in [6.07, 6.45) is 3.25. The van der Waals surface area contributed by atoms with E-state index in [9.17, 15) is 5.11 Å². The fourth-order valence-electron chi connectivity index (χ4n) is 3.22. The van der Waals surface area contributed by atoms with Gasteiger partial charge < -0.3 is 10.4 Å². The standard InChI is InChI=1S/C17H23N3O/c1-12-10-13(2)20(19-12)9-3-8-18-17-7-4-14-11-15(21)5-6-16(14)17/h5-6,10-11,17-18,21H,3-4,7-9H2,1-2H3. The maximum absolute atomic E-state index is 9.52. The number of phenols is 1. The number of benzene rings is 1. The molecular formula is C17H23N3O. The number of aromatic hydroxyl groups is 1. The second-order valence-corrected chi connectivity index (χ2v) is 5.93. The first-order chi connectivity index (χ1) is 10.1. The van der Waals surface area contributed by atoms with E-state index in [4.69, 9.17) is 0 Å². The van der Waals surface area contributed by atoms with Crippen LogP contribution in [0.25, 0.3) is 0 Å². The average Bonchev–Trinajstić information content (AvgIpc) is 2.98. The van der Waals surface area contributed by atoms with E-state index in [2.05, 4.69) is 34.2 Å². The molecule has 0 amide bonds. The predicted octanol–water partition coefficient (Wildman–Crippen LogP) is 2.87. The largest absolute Gasteiger partial charge is 0.508 e. The molecule has 3 rings (SSSR count). The van der Waals surface area contributed by atoms with Gasteiger partial charge in [-0.25, -0.2) is 0 Å². The minimum Gasteiger partial charge on any atom is -0.508 e. The quantitative estimate of drug-likeness (QED) is 0.831. The smallest absolute Gasteiger partial charge is 0.115 e. The predicted molar refractivity (Wildman–Crippen MR) is 83.5 cm³/mol. The minimum atomic E-state index is 0.374. The molecule has 1 heterocycles. The molecule has 0 bridgehead atoms. The molecule has 0 saturated carbocycles. The van der Waals surface area contributed by atoms with E-state index in [1.54, 1.807) is 6.07 Å². The van der Waals surface area contributed by atoms with Crippen LogP contribution >= 0.6 is 0 Å². The molecule has 2 N–H and O–H groups in total. The third-order valence-electron chi connectivity index (χ3n) is 4.25. The normalized spacial score (nSPS) is 17.1. The first-order valence-electron chi connectivity index (χ1n) is 7.70. The Morgan fingerprint density at radius 2 is 2.19 bits per heavy atom. The number of hydrogen-bond acceptors (Lipinski definition) is 3. The van der Waals surface area contributed by atoms with Crippen LogP contribution in [0.2, 0.25) is 0 Å². The minimum absolute atomic E-state index is 0.374. The molecule has 2 aromatic rings. The number of phenolic OH excluding ortho intramolecular Hbond substituents is 1. The monoisotopic (exact) mass is 285 g/mol. The van der Waals surface area contributed by atoms with Crippen molar-refractivity contribution in [2.75, 3.05) is 6.54 Å². The summed E-state index contributed by atoms with van der Waals surface area (Å²) in [5.74, 6) is 0.374. The summed E-state index contributed by atoms with van der Waals surface area (Å²) in [7, 11) is 0. The van der Waals surface area contributed by atoms with Crippen LogP contribution in [0.1, 0.15) is 41.4 Å². The first kappa shape index (κ1) is 14.1. The molecule has 21 heavy (non-hydrogen) atoms. The Morgan fingerprint density at radius 3 is 2.95 bits per heavy atom. The summed E-state index contributed by atoms with van der Waals surface area (Å²) in [5, 5.41) is 17.6.